The molecular formula is C16H18BrNO3. The number of aliphatic carboxylic acids is 1. The number of amides is 1. The van der Waals surface area contributed by atoms with Gasteiger partial charge in [-0.3, -0.25) is 4.79 Å². The summed E-state index contributed by atoms with van der Waals surface area (Å²) >= 11 is 3.37. The molecule has 1 aliphatic carbocycles. The molecule has 4 nitrogen and oxygen atoms in total. The Labute approximate surface area is 132 Å². The van der Waals surface area contributed by atoms with Crippen LogP contribution in [0.25, 0.3) is 0 Å². The molecule has 1 unspecified atom stereocenters. The Morgan fingerprint density at radius 3 is 2.48 bits per heavy atom. The Kier molecular flexibility index (Phi) is 4.83. The van der Waals surface area contributed by atoms with Crippen molar-refractivity contribution in [2.75, 3.05) is 0 Å². The van der Waals surface area contributed by atoms with Gasteiger partial charge in [0, 0.05) is 4.47 Å². The highest BCUT2D eigenvalue weighted by Gasteiger charge is 2.51. The van der Waals surface area contributed by atoms with Crippen LogP contribution in [0.15, 0.2) is 40.9 Å². The van der Waals surface area contributed by atoms with E-state index in [1.165, 1.54) is 0 Å². The average Bonchev–Trinajstić information content (AvgIpc) is 3.25. The Bertz CT molecular complexity index is 561. The third-order valence-electron chi connectivity index (χ3n) is 3.79. The van der Waals surface area contributed by atoms with Crippen molar-refractivity contribution in [3.05, 3.63) is 46.5 Å². The second kappa shape index (κ2) is 6.43. The lowest BCUT2D eigenvalue weighted by Crippen LogP contribution is -2.45. The Morgan fingerprint density at radius 1 is 1.38 bits per heavy atom. The van der Waals surface area contributed by atoms with Crippen LogP contribution in [0.4, 0.5) is 0 Å². The minimum absolute atomic E-state index is 0.193. The second-order valence-electron chi connectivity index (χ2n) is 5.26. The number of hydrogen-bond acceptors (Lipinski definition) is 2. The number of allylic oxidation sites excluding steroid dienone is 1. The first-order valence-electron chi connectivity index (χ1n) is 6.90. The highest BCUT2D eigenvalue weighted by molar-refractivity contribution is 9.10. The third kappa shape index (κ3) is 3.53. The summed E-state index contributed by atoms with van der Waals surface area (Å²) in [6.45, 7) is 1.82. The van der Waals surface area contributed by atoms with Gasteiger partial charge in [-0.15, -0.1) is 0 Å². The molecule has 0 aromatic heterocycles. The molecule has 1 aromatic rings. The fourth-order valence-corrected chi connectivity index (χ4v) is 2.60. The molecule has 1 fully saturated rings. The van der Waals surface area contributed by atoms with Gasteiger partial charge in [0.2, 0.25) is 5.91 Å². The molecule has 1 aromatic carbocycles. The molecule has 1 aliphatic rings. The van der Waals surface area contributed by atoms with E-state index in [-0.39, 0.29) is 5.91 Å². The average molecular weight is 352 g/mol. The Hall–Kier alpha value is -1.62. The van der Waals surface area contributed by atoms with Crippen molar-refractivity contribution in [3.8, 4) is 0 Å². The number of carbonyl (C=O) groups excluding carboxylic acids is 1. The van der Waals surface area contributed by atoms with Crippen LogP contribution < -0.4 is 5.32 Å². The minimum atomic E-state index is -1.01. The highest BCUT2D eigenvalue weighted by atomic mass is 79.9. The molecular weight excluding hydrogens is 334 g/mol. The monoisotopic (exact) mass is 351 g/mol. The summed E-state index contributed by atoms with van der Waals surface area (Å²) in [6.07, 6.45) is 5.35. The Balaban J connectivity index is 2.11. The van der Waals surface area contributed by atoms with E-state index in [2.05, 4.69) is 21.2 Å². The van der Waals surface area contributed by atoms with Crippen LogP contribution in [0.3, 0.4) is 0 Å². The molecule has 1 atom stereocenters. The van der Waals surface area contributed by atoms with E-state index in [0.717, 1.165) is 22.9 Å². The van der Waals surface area contributed by atoms with Crippen molar-refractivity contribution in [1.82, 2.24) is 5.32 Å². The standard InChI is InChI=1S/C16H18BrNO3/c1-2-3-4-13(14(19)20)18-15(21)16(9-10-16)11-5-7-12(17)8-6-11/h2-3,5-8,13H,4,9-10H2,1H3,(H,18,21)(H,19,20)/b3-2+. The van der Waals surface area contributed by atoms with Gasteiger partial charge in [0.1, 0.15) is 6.04 Å². The van der Waals surface area contributed by atoms with Crippen LogP contribution in [-0.2, 0) is 15.0 Å². The second-order valence-corrected chi connectivity index (χ2v) is 6.17. The zero-order chi connectivity index (χ0) is 15.5. The maximum Gasteiger partial charge on any atom is 0.326 e. The van der Waals surface area contributed by atoms with Crippen molar-refractivity contribution in [3.63, 3.8) is 0 Å². The van der Waals surface area contributed by atoms with Crippen molar-refractivity contribution in [2.24, 2.45) is 0 Å². The van der Waals surface area contributed by atoms with Gasteiger partial charge in [-0.05, 0) is 43.9 Å². The number of benzene rings is 1. The predicted octanol–water partition coefficient (Wildman–Crippen LogP) is 3.02. The number of rotatable bonds is 6. The lowest BCUT2D eigenvalue weighted by molar-refractivity contribution is -0.142. The number of nitrogens with one attached hydrogen (secondary N) is 1. The number of carboxylic acids is 1. The Morgan fingerprint density at radius 2 is 2.00 bits per heavy atom. The summed E-state index contributed by atoms with van der Waals surface area (Å²) in [5, 5.41) is 11.9. The minimum Gasteiger partial charge on any atom is -0.480 e. The number of carboxylic acid groups (broad SMARTS) is 1. The first kappa shape index (κ1) is 15.8. The largest absolute Gasteiger partial charge is 0.480 e. The molecule has 2 rings (SSSR count). The molecule has 0 bridgehead atoms. The highest BCUT2D eigenvalue weighted by Crippen LogP contribution is 2.48. The van der Waals surface area contributed by atoms with E-state index in [9.17, 15) is 14.7 Å². The molecule has 2 N–H and O–H groups in total. The summed E-state index contributed by atoms with van der Waals surface area (Å²) in [5.41, 5.74) is 0.392. The summed E-state index contributed by atoms with van der Waals surface area (Å²) in [4.78, 5) is 23.7. The van der Waals surface area contributed by atoms with Crippen LogP contribution in [0.2, 0.25) is 0 Å². The molecule has 1 saturated carbocycles. The molecule has 0 spiro atoms. The van der Waals surface area contributed by atoms with Gasteiger partial charge >= 0.3 is 5.97 Å². The van der Waals surface area contributed by atoms with E-state index < -0.39 is 17.4 Å². The molecule has 5 heteroatoms. The van der Waals surface area contributed by atoms with Gasteiger partial charge in [-0.2, -0.15) is 0 Å². The summed E-state index contributed by atoms with van der Waals surface area (Å²) in [5.74, 6) is -1.20. The topological polar surface area (TPSA) is 66.4 Å². The quantitative estimate of drug-likeness (QED) is 0.774. The summed E-state index contributed by atoms with van der Waals surface area (Å²) < 4.78 is 0.957. The van der Waals surface area contributed by atoms with Crippen molar-refractivity contribution < 1.29 is 14.7 Å². The molecule has 0 aliphatic heterocycles. The van der Waals surface area contributed by atoms with E-state index in [1.807, 2.05) is 31.2 Å². The fraction of sp³-hybridized carbons (Fsp3) is 0.375. The normalized spacial score (nSPS) is 17.4. The fourth-order valence-electron chi connectivity index (χ4n) is 2.33. The van der Waals surface area contributed by atoms with Gasteiger partial charge < -0.3 is 10.4 Å². The van der Waals surface area contributed by atoms with Gasteiger partial charge in [-0.25, -0.2) is 4.79 Å². The van der Waals surface area contributed by atoms with Crippen LogP contribution in [0.5, 0.6) is 0 Å². The first-order valence-corrected chi connectivity index (χ1v) is 7.70. The molecule has 112 valence electrons. The van der Waals surface area contributed by atoms with Gasteiger partial charge in [0.15, 0.2) is 0 Å². The number of carbonyl (C=O) groups is 2. The van der Waals surface area contributed by atoms with Crippen LogP contribution in [-0.4, -0.2) is 23.0 Å². The van der Waals surface area contributed by atoms with Crippen molar-refractivity contribution >= 4 is 27.8 Å². The predicted molar refractivity (Wildman–Crippen MR) is 84.1 cm³/mol. The molecule has 0 saturated heterocycles. The molecule has 0 radical (unpaired) electrons. The van der Waals surface area contributed by atoms with Gasteiger partial charge in [0.05, 0.1) is 5.41 Å². The van der Waals surface area contributed by atoms with E-state index >= 15 is 0 Å². The van der Waals surface area contributed by atoms with Gasteiger partial charge in [0.25, 0.3) is 0 Å². The van der Waals surface area contributed by atoms with Crippen molar-refractivity contribution in [2.45, 2.75) is 37.6 Å². The first-order chi connectivity index (χ1) is 9.99. The van der Waals surface area contributed by atoms with E-state index in [4.69, 9.17) is 0 Å². The smallest absolute Gasteiger partial charge is 0.326 e. The lowest BCUT2D eigenvalue weighted by atomic mass is 9.94. The number of hydrogen-bond donors (Lipinski definition) is 2. The SMILES string of the molecule is C/C=C/CC(NC(=O)C1(c2ccc(Br)cc2)CC1)C(=O)O. The maximum absolute atomic E-state index is 12.5. The van der Waals surface area contributed by atoms with Crippen LogP contribution >= 0.6 is 15.9 Å². The van der Waals surface area contributed by atoms with E-state index in [1.54, 1.807) is 12.2 Å². The lowest BCUT2D eigenvalue weighted by Gasteiger charge is -2.19. The zero-order valence-electron chi connectivity index (χ0n) is 11.8. The summed E-state index contributed by atoms with van der Waals surface area (Å²) in [6, 6.07) is 6.76. The van der Waals surface area contributed by atoms with E-state index in [0.29, 0.717) is 6.42 Å². The number of halogens is 1. The van der Waals surface area contributed by atoms with Gasteiger partial charge in [-0.1, -0.05) is 40.2 Å². The van der Waals surface area contributed by atoms with Crippen LogP contribution in [0, 0.1) is 0 Å². The summed E-state index contributed by atoms with van der Waals surface area (Å²) in [7, 11) is 0. The van der Waals surface area contributed by atoms with Crippen molar-refractivity contribution in [1.29, 1.82) is 0 Å². The van der Waals surface area contributed by atoms with Crippen LogP contribution in [0.1, 0.15) is 31.7 Å². The zero-order valence-corrected chi connectivity index (χ0v) is 13.4. The molecule has 21 heavy (non-hydrogen) atoms. The molecule has 0 heterocycles. The maximum atomic E-state index is 12.5. The molecule has 1 amide bonds. The third-order valence-corrected chi connectivity index (χ3v) is 4.32.